The first kappa shape index (κ1) is 35.1. The van der Waals surface area contributed by atoms with Crippen LogP contribution in [0.1, 0.15) is 138 Å². The Bertz CT molecular complexity index is 543. The van der Waals surface area contributed by atoms with E-state index in [2.05, 4.69) is 81.2 Å². The molecule has 0 bridgehead atoms. The van der Waals surface area contributed by atoms with Crippen LogP contribution >= 0.6 is 0 Å². The van der Waals surface area contributed by atoms with Crippen molar-refractivity contribution in [1.82, 2.24) is 0 Å². The molecular weight excluding hydrogens is 461 g/mol. The molecule has 0 saturated carbocycles. The van der Waals surface area contributed by atoms with Gasteiger partial charge in [-0.15, -0.1) is 6.58 Å². The fourth-order valence-electron chi connectivity index (χ4n) is 4.12. The summed E-state index contributed by atoms with van der Waals surface area (Å²) in [5, 5.41) is 0.453. The van der Waals surface area contributed by atoms with Gasteiger partial charge in [-0.05, 0) is 55.5 Å². The summed E-state index contributed by atoms with van der Waals surface area (Å²) < 4.78 is 13.9. The molecule has 0 aromatic heterocycles. The quantitative estimate of drug-likeness (QED) is 0.0891. The van der Waals surface area contributed by atoms with Crippen LogP contribution in [0.25, 0.3) is 0 Å². The molecule has 0 radical (unpaired) electrons. The third kappa shape index (κ3) is 15.2. The van der Waals surface area contributed by atoms with Crippen molar-refractivity contribution in [3.63, 3.8) is 0 Å². The summed E-state index contributed by atoms with van der Waals surface area (Å²) in [5.74, 6) is 0. The van der Waals surface area contributed by atoms with E-state index in [9.17, 15) is 0 Å². The lowest BCUT2D eigenvalue weighted by molar-refractivity contribution is 0.0867. The molecule has 0 spiro atoms. The van der Waals surface area contributed by atoms with Crippen LogP contribution in [0.4, 0.5) is 0 Å². The average Bonchev–Trinajstić information content (AvgIpc) is 2.69. The molecule has 0 fully saturated rings. The maximum atomic E-state index is 7.01. The maximum Gasteiger partial charge on any atom is 0.192 e. The summed E-state index contributed by atoms with van der Waals surface area (Å²) in [5.41, 5.74) is 0. The summed E-state index contributed by atoms with van der Waals surface area (Å²) in [6, 6.07) is 0. The topological polar surface area (TPSA) is 18.5 Å². The first-order valence-corrected chi connectivity index (χ1v) is 20.9. The fraction of sp³-hybridized carbons (Fsp3) is 0.935. The molecule has 35 heavy (non-hydrogen) atoms. The van der Waals surface area contributed by atoms with Gasteiger partial charge in [0.2, 0.25) is 0 Å². The maximum absolute atomic E-state index is 7.01. The van der Waals surface area contributed by atoms with Gasteiger partial charge in [0.15, 0.2) is 16.6 Å². The summed E-state index contributed by atoms with van der Waals surface area (Å²) >= 11 is 0. The Morgan fingerprint density at radius 3 is 1.37 bits per heavy atom. The van der Waals surface area contributed by atoms with Crippen molar-refractivity contribution in [2.75, 3.05) is 0 Å². The molecule has 0 aromatic carbocycles. The van der Waals surface area contributed by atoms with Crippen LogP contribution in [-0.2, 0) is 8.85 Å². The minimum absolute atomic E-state index is 0.218. The van der Waals surface area contributed by atoms with E-state index >= 15 is 0 Å². The van der Waals surface area contributed by atoms with Crippen molar-refractivity contribution in [2.24, 2.45) is 0 Å². The van der Waals surface area contributed by atoms with Crippen molar-refractivity contribution < 1.29 is 8.85 Å². The van der Waals surface area contributed by atoms with Gasteiger partial charge < -0.3 is 8.85 Å². The Kier molecular flexibility index (Phi) is 16.9. The second-order valence-electron chi connectivity index (χ2n) is 14.1. The zero-order chi connectivity index (χ0) is 27.2. The minimum Gasteiger partial charge on any atom is -0.414 e. The summed E-state index contributed by atoms with van der Waals surface area (Å²) in [6.07, 6.45) is 20.9. The minimum atomic E-state index is -1.83. The Labute approximate surface area is 224 Å². The Hall–Kier alpha value is 0.0938. The molecule has 0 amide bonds. The zero-order valence-electron chi connectivity index (χ0n) is 26.2. The van der Waals surface area contributed by atoms with Gasteiger partial charge in [-0.25, -0.2) is 0 Å². The van der Waals surface area contributed by atoms with E-state index in [1.807, 2.05) is 6.08 Å². The van der Waals surface area contributed by atoms with Crippen LogP contribution in [0.15, 0.2) is 12.7 Å². The van der Waals surface area contributed by atoms with Crippen LogP contribution in [0.3, 0.4) is 0 Å². The highest BCUT2D eigenvalue weighted by atomic mass is 28.4. The van der Waals surface area contributed by atoms with E-state index in [1.54, 1.807) is 0 Å². The number of hydrogen-bond donors (Lipinski definition) is 0. The molecule has 2 nitrogen and oxygen atoms in total. The van der Waals surface area contributed by atoms with Gasteiger partial charge in [-0.3, -0.25) is 0 Å². The molecule has 4 heteroatoms. The molecule has 0 aromatic rings. The summed E-state index contributed by atoms with van der Waals surface area (Å²) in [4.78, 5) is 0. The Balaban J connectivity index is 4.89. The van der Waals surface area contributed by atoms with E-state index in [0.29, 0.717) is 6.10 Å². The zero-order valence-corrected chi connectivity index (χ0v) is 28.2. The predicted octanol–water partition coefficient (Wildman–Crippen LogP) is 11.4. The van der Waals surface area contributed by atoms with E-state index in [4.69, 9.17) is 8.85 Å². The van der Waals surface area contributed by atoms with Crippen molar-refractivity contribution in [1.29, 1.82) is 0 Å². The molecule has 0 N–H and O–H groups in total. The fourth-order valence-corrected chi connectivity index (χ4v) is 6.90. The molecule has 0 aliphatic heterocycles. The van der Waals surface area contributed by atoms with E-state index in [1.165, 1.54) is 70.6 Å². The van der Waals surface area contributed by atoms with Crippen molar-refractivity contribution in [3.8, 4) is 0 Å². The van der Waals surface area contributed by atoms with Gasteiger partial charge in [-0.1, -0.05) is 125 Å². The predicted molar refractivity (Wildman–Crippen MR) is 165 cm³/mol. The SMILES string of the molecule is C=CC[C@@H](C[C@@H](CCCCCCCCCCCCC)O[Si](C)(C)C(C)(C)C)O[Si](C)(C)C(C)(C)C. The van der Waals surface area contributed by atoms with Crippen LogP contribution in [0.5, 0.6) is 0 Å². The summed E-state index contributed by atoms with van der Waals surface area (Å²) in [6.45, 7) is 29.9. The first-order valence-electron chi connectivity index (χ1n) is 15.0. The van der Waals surface area contributed by atoms with E-state index in [-0.39, 0.29) is 16.2 Å². The van der Waals surface area contributed by atoms with Gasteiger partial charge in [0.1, 0.15) is 0 Å². The van der Waals surface area contributed by atoms with Gasteiger partial charge in [0.05, 0.1) is 6.10 Å². The smallest absolute Gasteiger partial charge is 0.192 e. The highest BCUT2D eigenvalue weighted by Gasteiger charge is 2.41. The first-order chi connectivity index (χ1) is 16.1. The van der Waals surface area contributed by atoms with E-state index < -0.39 is 16.6 Å². The third-order valence-corrected chi connectivity index (χ3v) is 17.7. The standard InChI is InChI=1S/C31H66O2Si2/c1-13-15-16-17-18-19-20-21-22-23-24-26-29(33-35(11,12)31(6,7)8)27-28(25-14-2)32-34(9,10)30(3,4)5/h14,28-29H,2,13,15-27H2,1,3-12H3/t28-,29+/m0/s1. The second kappa shape index (κ2) is 16.8. The normalized spacial score (nSPS) is 15.3. The van der Waals surface area contributed by atoms with Crippen LogP contribution in [0.2, 0.25) is 36.3 Å². The molecular formula is C31H66O2Si2. The van der Waals surface area contributed by atoms with Crippen molar-refractivity contribution >= 4 is 16.6 Å². The number of unbranched alkanes of at least 4 members (excludes halogenated alkanes) is 10. The highest BCUT2D eigenvalue weighted by Crippen LogP contribution is 2.40. The molecule has 0 rings (SSSR count). The monoisotopic (exact) mass is 526 g/mol. The van der Waals surface area contributed by atoms with Gasteiger partial charge in [-0.2, -0.15) is 0 Å². The number of hydrogen-bond acceptors (Lipinski definition) is 2. The largest absolute Gasteiger partial charge is 0.414 e. The highest BCUT2D eigenvalue weighted by molar-refractivity contribution is 6.74. The molecule has 0 aliphatic rings. The third-order valence-electron chi connectivity index (χ3n) is 8.62. The molecule has 210 valence electrons. The lowest BCUT2D eigenvalue weighted by atomic mass is 10.0. The molecule has 0 saturated heterocycles. The van der Waals surface area contributed by atoms with Crippen LogP contribution in [0, 0.1) is 0 Å². The number of rotatable bonds is 20. The van der Waals surface area contributed by atoms with Gasteiger partial charge >= 0.3 is 0 Å². The molecule has 0 aliphatic carbocycles. The Morgan fingerprint density at radius 1 is 0.629 bits per heavy atom. The van der Waals surface area contributed by atoms with Gasteiger partial charge in [0.25, 0.3) is 0 Å². The Morgan fingerprint density at radius 2 is 1.00 bits per heavy atom. The lowest BCUT2D eigenvalue weighted by Gasteiger charge is -2.42. The molecule has 0 unspecified atom stereocenters. The molecule has 0 heterocycles. The van der Waals surface area contributed by atoms with Crippen molar-refractivity contribution in [3.05, 3.63) is 12.7 Å². The lowest BCUT2D eigenvalue weighted by Crippen LogP contribution is -2.47. The molecule has 2 atom stereocenters. The summed E-state index contributed by atoms with van der Waals surface area (Å²) in [7, 11) is -3.65. The van der Waals surface area contributed by atoms with E-state index in [0.717, 1.165) is 19.3 Å². The second-order valence-corrected chi connectivity index (χ2v) is 23.6. The van der Waals surface area contributed by atoms with Crippen molar-refractivity contribution in [2.45, 2.75) is 187 Å². The van der Waals surface area contributed by atoms with Crippen LogP contribution in [-0.4, -0.2) is 28.8 Å². The average molecular weight is 527 g/mol. The van der Waals surface area contributed by atoms with Gasteiger partial charge in [0, 0.05) is 6.10 Å². The van der Waals surface area contributed by atoms with Crippen LogP contribution < -0.4 is 0 Å².